The summed E-state index contributed by atoms with van der Waals surface area (Å²) in [6.07, 6.45) is 0.882. The van der Waals surface area contributed by atoms with Crippen molar-refractivity contribution in [3.8, 4) is 28.7 Å². The van der Waals surface area contributed by atoms with E-state index in [0.717, 1.165) is 17.4 Å². The van der Waals surface area contributed by atoms with Gasteiger partial charge in [-0.2, -0.15) is 5.26 Å². The van der Waals surface area contributed by atoms with E-state index in [1.165, 1.54) is 18.2 Å². The summed E-state index contributed by atoms with van der Waals surface area (Å²) >= 11 is 0. The zero-order valence-electron chi connectivity index (χ0n) is 14.9. The monoisotopic (exact) mass is 392 g/mol. The predicted molar refractivity (Wildman–Crippen MR) is 105 cm³/mol. The molecule has 0 saturated carbocycles. The Kier molecular flexibility index (Phi) is 5.43. The van der Waals surface area contributed by atoms with E-state index >= 15 is 0 Å². The van der Waals surface area contributed by atoms with Gasteiger partial charge in [0.05, 0.1) is 11.8 Å². The zero-order valence-corrected chi connectivity index (χ0v) is 15.7. The molecule has 0 aromatic heterocycles. The first-order chi connectivity index (χ1) is 13.4. The topological polar surface area (TPSA) is 96.3 Å². The van der Waals surface area contributed by atoms with E-state index in [-0.39, 0.29) is 16.9 Å². The summed E-state index contributed by atoms with van der Waals surface area (Å²) in [4.78, 5) is 12.0. The smallest absolute Gasteiger partial charge is 0.264 e. The number of carbonyl (C=O) groups is 1. The van der Waals surface area contributed by atoms with Gasteiger partial charge < -0.3 is 4.74 Å². The highest BCUT2D eigenvalue weighted by Crippen LogP contribution is 2.29. The molecule has 3 aromatic carbocycles. The van der Waals surface area contributed by atoms with Crippen molar-refractivity contribution < 1.29 is 17.9 Å². The molecular weight excluding hydrogens is 376 g/mol. The van der Waals surface area contributed by atoms with Crippen LogP contribution >= 0.6 is 0 Å². The molecule has 0 bridgehead atoms. The van der Waals surface area contributed by atoms with E-state index in [0.29, 0.717) is 5.75 Å². The molecular formula is C21H16N2O4S. The molecule has 0 aliphatic carbocycles. The van der Waals surface area contributed by atoms with Crippen LogP contribution in [0.25, 0.3) is 11.1 Å². The quantitative estimate of drug-likeness (QED) is 0.714. The van der Waals surface area contributed by atoms with Crippen LogP contribution in [0.3, 0.4) is 0 Å². The molecule has 1 amide bonds. The van der Waals surface area contributed by atoms with Crippen molar-refractivity contribution >= 4 is 15.9 Å². The maximum atomic E-state index is 12.0. The molecule has 1 N–H and O–H groups in total. The molecule has 0 fully saturated rings. The number of sulfonamides is 1. The molecule has 0 aliphatic heterocycles. The summed E-state index contributed by atoms with van der Waals surface area (Å²) in [5, 5.41) is 9.39. The van der Waals surface area contributed by atoms with Crippen molar-refractivity contribution in [3.05, 3.63) is 83.9 Å². The van der Waals surface area contributed by atoms with Gasteiger partial charge in [-0.25, -0.2) is 13.1 Å². The minimum Gasteiger partial charge on any atom is -0.456 e. The maximum absolute atomic E-state index is 12.0. The molecule has 7 heteroatoms. The number of benzene rings is 3. The first kappa shape index (κ1) is 19.1. The average Bonchev–Trinajstić information content (AvgIpc) is 2.68. The highest BCUT2D eigenvalue weighted by Gasteiger charge is 2.14. The van der Waals surface area contributed by atoms with Gasteiger partial charge in [-0.05, 0) is 41.5 Å². The second kappa shape index (κ2) is 7.94. The van der Waals surface area contributed by atoms with Gasteiger partial charge in [0.15, 0.2) is 0 Å². The Labute approximate surface area is 163 Å². The highest BCUT2D eigenvalue weighted by atomic mass is 32.2. The molecule has 0 atom stereocenters. The predicted octanol–water partition coefficient (Wildman–Crippen LogP) is 3.71. The fourth-order valence-corrected chi connectivity index (χ4v) is 3.03. The van der Waals surface area contributed by atoms with Crippen molar-refractivity contribution in [2.75, 3.05) is 6.26 Å². The summed E-state index contributed by atoms with van der Waals surface area (Å²) in [7, 11) is -3.69. The standard InChI is InChI=1S/C21H16N2O4S/c1-28(25,26)23-21(24)17-10-11-20(18(12-17)14-22)27-19-9-5-8-16(13-19)15-6-3-2-4-7-15/h2-13H,1H3,(H,23,24). The highest BCUT2D eigenvalue weighted by molar-refractivity contribution is 7.89. The van der Waals surface area contributed by atoms with Crippen LogP contribution in [0.4, 0.5) is 0 Å². The third kappa shape index (κ3) is 4.75. The van der Waals surface area contributed by atoms with E-state index in [1.807, 2.05) is 59.3 Å². The van der Waals surface area contributed by atoms with Crippen LogP contribution in [0.5, 0.6) is 11.5 Å². The number of nitrogens with one attached hydrogen (secondary N) is 1. The molecule has 0 unspecified atom stereocenters. The molecule has 0 spiro atoms. The van der Waals surface area contributed by atoms with Crippen LogP contribution in [0.15, 0.2) is 72.8 Å². The summed E-state index contributed by atoms with van der Waals surface area (Å²) in [6, 6.07) is 23.3. The lowest BCUT2D eigenvalue weighted by molar-refractivity contribution is 0.0981. The molecule has 28 heavy (non-hydrogen) atoms. The summed E-state index contributed by atoms with van der Waals surface area (Å²) in [5.74, 6) is -0.00793. The first-order valence-electron chi connectivity index (χ1n) is 8.25. The van der Waals surface area contributed by atoms with Crippen molar-refractivity contribution in [2.45, 2.75) is 0 Å². The molecule has 0 radical (unpaired) electrons. The third-order valence-corrected chi connectivity index (χ3v) is 4.37. The van der Waals surface area contributed by atoms with E-state index in [4.69, 9.17) is 4.74 Å². The van der Waals surface area contributed by atoms with E-state index in [9.17, 15) is 18.5 Å². The van der Waals surface area contributed by atoms with Gasteiger partial charge in [-0.3, -0.25) is 4.79 Å². The second-order valence-electron chi connectivity index (χ2n) is 6.02. The molecule has 0 saturated heterocycles. The van der Waals surface area contributed by atoms with Crippen LogP contribution in [0.1, 0.15) is 15.9 Å². The van der Waals surface area contributed by atoms with Crippen molar-refractivity contribution in [1.82, 2.24) is 4.72 Å². The molecule has 140 valence electrons. The van der Waals surface area contributed by atoms with Crippen LogP contribution < -0.4 is 9.46 Å². The lowest BCUT2D eigenvalue weighted by Gasteiger charge is -2.10. The number of hydrogen-bond donors (Lipinski definition) is 1. The van der Waals surface area contributed by atoms with Gasteiger partial charge in [-0.15, -0.1) is 0 Å². The van der Waals surface area contributed by atoms with Gasteiger partial charge in [0, 0.05) is 5.56 Å². The fraction of sp³-hybridized carbons (Fsp3) is 0.0476. The van der Waals surface area contributed by atoms with E-state index in [1.54, 1.807) is 6.07 Å². The van der Waals surface area contributed by atoms with Gasteiger partial charge in [-0.1, -0.05) is 42.5 Å². The molecule has 0 aliphatic rings. The SMILES string of the molecule is CS(=O)(=O)NC(=O)c1ccc(Oc2cccc(-c3ccccc3)c2)c(C#N)c1. The summed E-state index contributed by atoms with van der Waals surface area (Å²) in [6.45, 7) is 0. The largest absolute Gasteiger partial charge is 0.456 e. The van der Waals surface area contributed by atoms with Crippen LogP contribution in [-0.4, -0.2) is 20.6 Å². The fourth-order valence-electron chi connectivity index (χ4n) is 2.57. The maximum Gasteiger partial charge on any atom is 0.264 e. The Balaban J connectivity index is 1.87. The van der Waals surface area contributed by atoms with E-state index < -0.39 is 15.9 Å². The number of nitriles is 1. The Morgan fingerprint density at radius 2 is 1.68 bits per heavy atom. The van der Waals surface area contributed by atoms with E-state index in [2.05, 4.69) is 0 Å². The number of rotatable bonds is 5. The van der Waals surface area contributed by atoms with Gasteiger partial charge >= 0.3 is 0 Å². The number of carbonyl (C=O) groups excluding carboxylic acids is 1. The second-order valence-corrected chi connectivity index (χ2v) is 7.77. The van der Waals surface area contributed by atoms with Gasteiger partial charge in [0.25, 0.3) is 5.91 Å². The third-order valence-electron chi connectivity index (χ3n) is 3.81. The minimum absolute atomic E-state index is 0.0485. The van der Waals surface area contributed by atoms with Crippen LogP contribution in [0, 0.1) is 11.3 Å². The Morgan fingerprint density at radius 1 is 0.964 bits per heavy atom. The van der Waals surface area contributed by atoms with Crippen molar-refractivity contribution in [2.24, 2.45) is 0 Å². The zero-order chi connectivity index (χ0) is 20.1. The normalized spacial score (nSPS) is 10.7. The van der Waals surface area contributed by atoms with Crippen molar-refractivity contribution in [3.63, 3.8) is 0 Å². The minimum atomic E-state index is -3.69. The van der Waals surface area contributed by atoms with Crippen LogP contribution in [0.2, 0.25) is 0 Å². The summed E-state index contributed by atoms with van der Waals surface area (Å²) in [5.41, 5.74) is 2.15. The van der Waals surface area contributed by atoms with Crippen molar-refractivity contribution in [1.29, 1.82) is 5.26 Å². The van der Waals surface area contributed by atoms with Gasteiger partial charge in [0.1, 0.15) is 17.6 Å². The Bertz CT molecular complexity index is 1170. The number of amides is 1. The number of ether oxygens (including phenoxy) is 1. The first-order valence-corrected chi connectivity index (χ1v) is 10.1. The van der Waals surface area contributed by atoms with Gasteiger partial charge in [0.2, 0.25) is 10.0 Å². The molecule has 0 heterocycles. The number of nitrogens with zero attached hydrogens (tertiary/aromatic N) is 1. The lowest BCUT2D eigenvalue weighted by Crippen LogP contribution is -2.29. The Morgan fingerprint density at radius 3 is 2.36 bits per heavy atom. The molecule has 3 aromatic rings. The number of hydrogen-bond acceptors (Lipinski definition) is 5. The summed E-state index contributed by atoms with van der Waals surface area (Å²) < 4.78 is 30.1. The lowest BCUT2D eigenvalue weighted by atomic mass is 10.1. The van der Waals surface area contributed by atoms with Crippen LogP contribution in [-0.2, 0) is 10.0 Å². The molecule has 3 rings (SSSR count). The molecule has 6 nitrogen and oxygen atoms in total. The Hall–Kier alpha value is -3.63. The average molecular weight is 392 g/mol.